The molecule has 1 aliphatic rings. The Balaban J connectivity index is 2.12. The standard InChI is InChI=1S/C16H24N6O5/c1-4-8(2)13(17)15(24)26-7-11-10(20-21-18)5-12(27-11)22-6-9(3)14(23)19-16(22)25/h6,8,10-13H,4-5,7,17H2,1-3H3,(H,19,23,25). The molecule has 1 aliphatic heterocycles. The largest absolute Gasteiger partial charge is 0.462 e. The van der Waals surface area contributed by atoms with Gasteiger partial charge in [0.25, 0.3) is 5.56 Å². The van der Waals surface area contributed by atoms with Gasteiger partial charge in [-0.05, 0) is 18.4 Å². The van der Waals surface area contributed by atoms with Crippen molar-refractivity contribution in [2.24, 2.45) is 16.8 Å². The summed E-state index contributed by atoms with van der Waals surface area (Å²) in [6, 6.07) is -1.39. The second-order valence-corrected chi connectivity index (χ2v) is 6.66. The van der Waals surface area contributed by atoms with Gasteiger partial charge in [-0.25, -0.2) is 4.79 Å². The summed E-state index contributed by atoms with van der Waals surface area (Å²) in [5.41, 5.74) is 13.8. The van der Waals surface area contributed by atoms with E-state index in [0.29, 0.717) is 5.56 Å². The van der Waals surface area contributed by atoms with Crippen molar-refractivity contribution < 1.29 is 14.3 Å². The highest BCUT2D eigenvalue weighted by Crippen LogP contribution is 2.30. The Morgan fingerprint density at radius 3 is 2.93 bits per heavy atom. The van der Waals surface area contributed by atoms with E-state index in [2.05, 4.69) is 15.0 Å². The number of aromatic amines is 1. The van der Waals surface area contributed by atoms with E-state index in [-0.39, 0.29) is 18.9 Å². The van der Waals surface area contributed by atoms with Gasteiger partial charge in [-0.2, -0.15) is 0 Å². The van der Waals surface area contributed by atoms with E-state index < -0.39 is 41.6 Å². The number of azide groups is 1. The van der Waals surface area contributed by atoms with Crippen LogP contribution in [0.4, 0.5) is 0 Å². The number of rotatable bonds is 7. The van der Waals surface area contributed by atoms with Crippen LogP contribution in [0.25, 0.3) is 10.4 Å². The van der Waals surface area contributed by atoms with Gasteiger partial charge in [0.05, 0.1) is 6.04 Å². The molecule has 1 aromatic rings. The minimum Gasteiger partial charge on any atom is -0.462 e. The van der Waals surface area contributed by atoms with Gasteiger partial charge < -0.3 is 15.2 Å². The van der Waals surface area contributed by atoms with Crippen LogP contribution in [0.5, 0.6) is 0 Å². The summed E-state index contributed by atoms with van der Waals surface area (Å²) in [4.78, 5) is 40.6. The van der Waals surface area contributed by atoms with Gasteiger partial charge in [-0.1, -0.05) is 25.4 Å². The van der Waals surface area contributed by atoms with Crippen molar-refractivity contribution in [3.8, 4) is 0 Å². The summed E-state index contributed by atoms with van der Waals surface area (Å²) >= 11 is 0. The van der Waals surface area contributed by atoms with Crippen LogP contribution < -0.4 is 17.0 Å². The number of nitrogens with zero attached hydrogens (tertiary/aromatic N) is 4. The molecule has 11 nitrogen and oxygen atoms in total. The van der Waals surface area contributed by atoms with Crippen molar-refractivity contribution in [2.75, 3.05) is 6.61 Å². The highest BCUT2D eigenvalue weighted by molar-refractivity contribution is 5.75. The molecule has 0 bridgehead atoms. The molecule has 1 saturated heterocycles. The quantitative estimate of drug-likeness (QED) is 0.306. The van der Waals surface area contributed by atoms with Crippen molar-refractivity contribution in [3.63, 3.8) is 0 Å². The first-order valence-corrected chi connectivity index (χ1v) is 8.72. The van der Waals surface area contributed by atoms with Crippen LogP contribution in [0.3, 0.4) is 0 Å². The fourth-order valence-corrected chi connectivity index (χ4v) is 2.77. The lowest BCUT2D eigenvalue weighted by Crippen LogP contribution is -2.40. The van der Waals surface area contributed by atoms with E-state index in [9.17, 15) is 14.4 Å². The summed E-state index contributed by atoms with van der Waals surface area (Å²) in [6.45, 7) is 5.18. The minimum atomic E-state index is -0.755. The highest BCUT2D eigenvalue weighted by Gasteiger charge is 2.37. The number of ether oxygens (including phenoxy) is 2. The van der Waals surface area contributed by atoms with Gasteiger partial charge in [0.2, 0.25) is 0 Å². The van der Waals surface area contributed by atoms with Crippen LogP contribution in [0, 0.1) is 12.8 Å². The minimum absolute atomic E-state index is 0.0367. The van der Waals surface area contributed by atoms with Crippen LogP contribution in [0.1, 0.15) is 38.5 Å². The summed E-state index contributed by atoms with van der Waals surface area (Å²) in [5, 5.41) is 3.67. The van der Waals surface area contributed by atoms with Crippen molar-refractivity contribution >= 4 is 5.97 Å². The van der Waals surface area contributed by atoms with E-state index in [0.717, 1.165) is 6.42 Å². The Morgan fingerprint density at radius 2 is 2.30 bits per heavy atom. The van der Waals surface area contributed by atoms with Crippen LogP contribution >= 0.6 is 0 Å². The normalized spacial score (nSPS) is 24.1. The zero-order valence-corrected chi connectivity index (χ0v) is 15.5. The maximum Gasteiger partial charge on any atom is 0.330 e. The molecule has 11 heteroatoms. The number of aryl methyl sites for hydroxylation is 1. The molecule has 5 atom stereocenters. The molecular weight excluding hydrogens is 356 g/mol. The first kappa shape index (κ1) is 20.7. The molecule has 1 fully saturated rings. The number of carbonyl (C=O) groups excluding carboxylic acids is 1. The van der Waals surface area contributed by atoms with Crippen LogP contribution in [-0.2, 0) is 14.3 Å². The number of hydrogen-bond acceptors (Lipinski definition) is 7. The molecule has 2 rings (SSSR count). The molecule has 27 heavy (non-hydrogen) atoms. The highest BCUT2D eigenvalue weighted by atomic mass is 16.6. The van der Waals surface area contributed by atoms with Crippen molar-refractivity contribution in [3.05, 3.63) is 43.0 Å². The van der Waals surface area contributed by atoms with Crippen molar-refractivity contribution in [1.29, 1.82) is 0 Å². The molecule has 5 unspecified atom stereocenters. The molecule has 148 valence electrons. The Morgan fingerprint density at radius 1 is 1.59 bits per heavy atom. The van der Waals surface area contributed by atoms with Gasteiger partial charge in [0, 0.05) is 23.1 Å². The van der Waals surface area contributed by atoms with Crippen LogP contribution in [0.2, 0.25) is 0 Å². The molecule has 0 spiro atoms. The van der Waals surface area contributed by atoms with Crippen molar-refractivity contribution in [2.45, 2.75) is 58.0 Å². The molecule has 0 saturated carbocycles. The SMILES string of the molecule is CCC(C)C(N)C(=O)OCC1OC(n2cc(C)c(=O)[nH]c2=O)CC1N=[N+]=[N-]. The van der Waals surface area contributed by atoms with Gasteiger partial charge in [0.1, 0.15) is 25.0 Å². The molecule has 0 aromatic carbocycles. The van der Waals surface area contributed by atoms with E-state index in [4.69, 9.17) is 20.7 Å². The fourth-order valence-electron chi connectivity index (χ4n) is 2.77. The second-order valence-electron chi connectivity index (χ2n) is 6.66. The van der Waals surface area contributed by atoms with E-state index in [1.54, 1.807) is 6.92 Å². The summed E-state index contributed by atoms with van der Waals surface area (Å²) in [5.74, 6) is -0.599. The lowest BCUT2D eigenvalue weighted by atomic mass is 10.0. The number of esters is 1. The molecule has 0 amide bonds. The predicted octanol–water partition coefficient (Wildman–Crippen LogP) is 0.728. The zero-order chi connectivity index (χ0) is 20.1. The maximum atomic E-state index is 12.1. The fraction of sp³-hybridized carbons (Fsp3) is 0.688. The number of carbonyl (C=O) groups is 1. The molecule has 3 N–H and O–H groups in total. The van der Waals surface area contributed by atoms with Crippen LogP contribution in [-0.4, -0.2) is 40.3 Å². The molecular formula is C16H24N6O5. The Hall–Kier alpha value is -2.62. The summed E-state index contributed by atoms with van der Waals surface area (Å²) in [6.07, 6.45) is 0.837. The molecule has 1 aromatic heterocycles. The number of nitrogens with two attached hydrogens (primary N) is 1. The number of aromatic nitrogens is 2. The summed E-state index contributed by atoms with van der Waals surface area (Å²) < 4.78 is 12.2. The predicted molar refractivity (Wildman–Crippen MR) is 95.9 cm³/mol. The summed E-state index contributed by atoms with van der Waals surface area (Å²) in [7, 11) is 0. The first-order valence-electron chi connectivity index (χ1n) is 8.72. The zero-order valence-electron chi connectivity index (χ0n) is 15.5. The topological polar surface area (TPSA) is 165 Å². The third-order valence-electron chi connectivity index (χ3n) is 4.78. The Labute approximate surface area is 155 Å². The number of nitrogens with one attached hydrogen (secondary N) is 1. The number of hydrogen-bond donors (Lipinski definition) is 2. The monoisotopic (exact) mass is 380 g/mol. The third kappa shape index (κ3) is 4.76. The Bertz CT molecular complexity index is 842. The van der Waals surface area contributed by atoms with Gasteiger partial charge >= 0.3 is 11.7 Å². The molecule has 2 heterocycles. The van der Waals surface area contributed by atoms with Gasteiger partial charge in [-0.3, -0.25) is 19.1 Å². The van der Waals surface area contributed by atoms with E-state index in [1.807, 2.05) is 13.8 Å². The Kier molecular flexibility index (Phi) is 6.78. The van der Waals surface area contributed by atoms with Gasteiger partial charge in [-0.15, -0.1) is 0 Å². The smallest absolute Gasteiger partial charge is 0.330 e. The molecule has 0 aliphatic carbocycles. The number of H-pyrrole nitrogens is 1. The second kappa shape index (κ2) is 8.85. The van der Waals surface area contributed by atoms with Crippen LogP contribution in [0.15, 0.2) is 20.9 Å². The lowest BCUT2D eigenvalue weighted by molar-refractivity contribution is -0.151. The maximum absolute atomic E-state index is 12.1. The average Bonchev–Trinajstić information content (AvgIpc) is 3.04. The third-order valence-corrected chi connectivity index (χ3v) is 4.78. The van der Waals surface area contributed by atoms with E-state index >= 15 is 0 Å². The molecule has 0 radical (unpaired) electrons. The van der Waals surface area contributed by atoms with Gasteiger partial charge in [0.15, 0.2) is 0 Å². The van der Waals surface area contributed by atoms with E-state index in [1.165, 1.54) is 10.8 Å². The first-order chi connectivity index (χ1) is 12.8. The van der Waals surface area contributed by atoms with Crippen molar-refractivity contribution in [1.82, 2.24) is 9.55 Å². The lowest BCUT2D eigenvalue weighted by Gasteiger charge is -2.20. The average molecular weight is 380 g/mol.